The third-order valence-electron chi connectivity index (χ3n) is 4.30. The van der Waals surface area contributed by atoms with Gasteiger partial charge in [-0.15, -0.1) is 0 Å². The van der Waals surface area contributed by atoms with Crippen LogP contribution in [-0.2, 0) is 6.54 Å². The molecular weight excluding hydrogens is 234 g/mol. The van der Waals surface area contributed by atoms with Gasteiger partial charge in [0.05, 0.1) is 0 Å². The number of nitrogens with zero attached hydrogens (tertiary/aromatic N) is 1. The Kier molecular flexibility index (Phi) is 4.87. The minimum absolute atomic E-state index is 0.443. The summed E-state index contributed by atoms with van der Waals surface area (Å²) in [7, 11) is 2.21. The number of hydrogen-bond acceptors (Lipinski definition) is 2. The molecule has 0 unspecified atom stereocenters. The van der Waals surface area contributed by atoms with Crippen molar-refractivity contribution in [2.75, 3.05) is 13.6 Å². The first kappa shape index (κ1) is 14.4. The summed E-state index contributed by atoms with van der Waals surface area (Å²) >= 11 is 0. The summed E-state index contributed by atoms with van der Waals surface area (Å²) in [4.78, 5) is 2.43. The Balaban J connectivity index is 1.92. The lowest BCUT2D eigenvalue weighted by atomic mass is 9.89. The molecule has 1 fully saturated rings. The van der Waals surface area contributed by atoms with Crippen LogP contribution in [0.1, 0.15) is 48.8 Å². The number of phenols is 1. The lowest BCUT2D eigenvalue weighted by Gasteiger charge is -2.27. The van der Waals surface area contributed by atoms with Gasteiger partial charge in [-0.05, 0) is 56.3 Å². The van der Waals surface area contributed by atoms with Gasteiger partial charge in [-0.1, -0.05) is 31.4 Å². The number of rotatable bonds is 4. The van der Waals surface area contributed by atoms with Crippen LogP contribution in [0.15, 0.2) is 12.1 Å². The van der Waals surface area contributed by atoms with E-state index in [-0.39, 0.29) is 0 Å². The number of aromatic hydroxyl groups is 1. The molecule has 106 valence electrons. The second kappa shape index (κ2) is 6.42. The van der Waals surface area contributed by atoms with Gasteiger partial charge >= 0.3 is 0 Å². The minimum Gasteiger partial charge on any atom is -0.507 e. The Labute approximate surface area is 117 Å². The van der Waals surface area contributed by atoms with Crippen LogP contribution < -0.4 is 0 Å². The summed E-state index contributed by atoms with van der Waals surface area (Å²) in [6, 6.07) is 4.22. The summed E-state index contributed by atoms with van der Waals surface area (Å²) in [5, 5.41) is 9.81. The van der Waals surface area contributed by atoms with Crippen molar-refractivity contribution in [2.45, 2.75) is 52.5 Å². The summed E-state index contributed by atoms with van der Waals surface area (Å²) < 4.78 is 0. The molecule has 0 heterocycles. The molecule has 1 aliphatic rings. The standard InChI is InChI=1S/C17H27NO/c1-13-9-16(10-14(2)17(13)19)12-18(3)11-15-7-5-4-6-8-15/h9-10,15,19H,4-8,11-12H2,1-3H3. The number of hydrogen-bond donors (Lipinski definition) is 1. The van der Waals surface area contributed by atoms with Crippen LogP contribution in [0.2, 0.25) is 0 Å². The maximum absolute atomic E-state index is 9.81. The molecule has 0 amide bonds. The van der Waals surface area contributed by atoms with E-state index in [9.17, 15) is 5.11 Å². The van der Waals surface area contributed by atoms with E-state index >= 15 is 0 Å². The smallest absolute Gasteiger partial charge is 0.121 e. The SMILES string of the molecule is Cc1cc(CN(C)CC2CCCCC2)cc(C)c1O. The Morgan fingerprint density at radius 1 is 1.11 bits per heavy atom. The van der Waals surface area contributed by atoms with E-state index in [1.807, 2.05) is 13.8 Å². The van der Waals surface area contributed by atoms with Gasteiger partial charge in [0.1, 0.15) is 5.75 Å². The molecule has 1 N–H and O–H groups in total. The van der Waals surface area contributed by atoms with Crippen molar-refractivity contribution in [1.82, 2.24) is 4.90 Å². The molecule has 0 radical (unpaired) electrons. The molecule has 2 heteroatoms. The van der Waals surface area contributed by atoms with Crippen LogP contribution in [0.25, 0.3) is 0 Å². The fourth-order valence-electron chi connectivity index (χ4n) is 3.32. The maximum Gasteiger partial charge on any atom is 0.121 e. The van der Waals surface area contributed by atoms with E-state index in [2.05, 4.69) is 24.1 Å². The van der Waals surface area contributed by atoms with Gasteiger partial charge in [0.25, 0.3) is 0 Å². The molecule has 1 aromatic carbocycles. The van der Waals surface area contributed by atoms with Crippen molar-refractivity contribution in [3.8, 4) is 5.75 Å². The zero-order valence-electron chi connectivity index (χ0n) is 12.6. The minimum atomic E-state index is 0.443. The molecule has 19 heavy (non-hydrogen) atoms. The molecule has 1 saturated carbocycles. The van der Waals surface area contributed by atoms with Crippen LogP contribution in [0.5, 0.6) is 5.75 Å². The number of phenolic OH excluding ortho intramolecular Hbond substituents is 1. The molecule has 2 nitrogen and oxygen atoms in total. The Hall–Kier alpha value is -1.02. The van der Waals surface area contributed by atoms with E-state index < -0.39 is 0 Å². The van der Waals surface area contributed by atoms with Gasteiger partial charge < -0.3 is 10.0 Å². The zero-order valence-corrected chi connectivity index (χ0v) is 12.6. The van der Waals surface area contributed by atoms with Gasteiger partial charge in [-0.2, -0.15) is 0 Å². The van der Waals surface area contributed by atoms with Crippen molar-refractivity contribution in [2.24, 2.45) is 5.92 Å². The lowest BCUT2D eigenvalue weighted by Crippen LogP contribution is -2.26. The highest BCUT2D eigenvalue weighted by Gasteiger charge is 2.15. The predicted molar refractivity (Wildman–Crippen MR) is 80.5 cm³/mol. The third kappa shape index (κ3) is 3.97. The molecule has 0 aromatic heterocycles. The molecule has 0 saturated heterocycles. The van der Waals surface area contributed by atoms with Crippen LogP contribution in [-0.4, -0.2) is 23.6 Å². The van der Waals surface area contributed by atoms with Crippen LogP contribution >= 0.6 is 0 Å². The fraction of sp³-hybridized carbons (Fsp3) is 0.647. The van der Waals surface area contributed by atoms with Crippen molar-refractivity contribution in [1.29, 1.82) is 0 Å². The summed E-state index contributed by atoms with van der Waals surface area (Å²) in [6.07, 6.45) is 7.05. The van der Waals surface area contributed by atoms with Gasteiger partial charge in [0, 0.05) is 13.1 Å². The molecule has 0 aliphatic heterocycles. The largest absolute Gasteiger partial charge is 0.507 e. The van der Waals surface area contributed by atoms with Crippen molar-refractivity contribution in [3.63, 3.8) is 0 Å². The lowest BCUT2D eigenvalue weighted by molar-refractivity contribution is 0.228. The highest BCUT2D eigenvalue weighted by atomic mass is 16.3. The monoisotopic (exact) mass is 261 g/mol. The Bertz CT molecular complexity index is 398. The van der Waals surface area contributed by atoms with Crippen molar-refractivity contribution < 1.29 is 5.11 Å². The normalized spacial score (nSPS) is 17.1. The van der Waals surface area contributed by atoms with E-state index in [1.54, 1.807) is 0 Å². The third-order valence-corrected chi connectivity index (χ3v) is 4.30. The van der Waals surface area contributed by atoms with E-state index in [0.717, 1.165) is 23.6 Å². The molecular formula is C17H27NO. The fourth-order valence-corrected chi connectivity index (χ4v) is 3.32. The topological polar surface area (TPSA) is 23.5 Å². The second-order valence-corrected chi connectivity index (χ2v) is 6.28. The van der Waals surface area contributed by atoms with E-state index in [4.69, 9.17) is 0 Å². The average Bonchev–Trinajstić information content (AvgIpc) is 2.37. The van der Waals surface area contributed by atoms with Gasteiger partial charge in [-0.3, -0.25) is 0 Å². The summed E-state index contributed by atoms with van der Waals surface area (Å²) in [6.45, 7) is 6.15. The quantitative estimate of drug-likeness (QED) is 0.885. The van der Waals surface area contributed by atoms with Gasteiger partial charge in [0.15, 0.2) is 0 Å². The van der Waals surface area contributed by atoms with Crippen LogP contribution in [0.4, 0.5) is 0 Å². The molecule has 2 rings (SSSR count). The molecule has 0 bridgehead atoms. The van der Waals surface area contributed by atoms with Gasteiger partial charge in [0.2, 0.25) is 0 Å². The predicted octanol–water partition coefficient (Wildman–Crippen LogP) is 4.02. The molecule has 1 aliphatic carbocycles. The molecule has 0 spiro atoms. The van der Waals surface area contributed by atoms with Crippen LogP contribution in [0, 0.1) is 19.8 Å². The Morgan fingerprint density at radius 3 is 2.26 bits per heavy atom. The van der Waals surface area contributed by atoms with E-state index in [1.165, 1.54) is 44.2 Å². The van der Waals surface area contributed by atoms with Crippen molar-refractivity contribution in [3.05, 3.63) is 28.8 Å². The Morgan fingerprint density at radius 2 is 1.68 bits per heavy atom. The first-order valence-electron chi connectivity index (χ1n) is 7.54. The molecule has 0 atom stereocenters. The molecule has 1 aromatic rings. The zero-order chi connectivity index (χ0) is 13.8. The maximum atomic E-state index is 9.81. The second-order valence-electron chi connectivity index (χ2n) is 6.28. The summed E-state index contributed by atoms with van der Waals surface area (Å²) in [5.74, 6) is 1.33. The first-order valence-corrected chi connectivity index (χ1v) is 7.54. The van der Waals surface area contributed by atoms with Crippen molar-refractivity contribution >= 4 is 0 Å². The van der Waals surface area contributed by atoms with Crippen LogP contribution in [0.3, 0.4) is 0 Å². The van der Waals surface area contributed by atoms with E-state index in [0.29, 0.717) is 5.75 Å². The summed E-state index contributed by atoms with van der Waals surface area (Å²) in [5.41, 5.74) is 3.29. The first-order chi connectivity index (χ1) is 9.06. The highest BCUT2D eigenvalue weighted by molar-refractivity contribution is 5.42. The highest BCUT2D eigenvalue weighted by Crippen LogP contribution is 2.26. The number of benzene rings is 1. The average molecular weight is 261 g/mol. The van der Waals surface area contributed by atoms with Gasteiger partial charge in [-0.25, -0.2) is 0 Å². The number of aryl methyl sites for hydroxylation is 2.